The lowest BCUT2D eigenvalue weighted by molar-refractivity contribution is 0.0848. The number of unbranched alkanes of at least 4 members (excludes halogenated alkanes) is 2. The van der Waals surface area contributed by atoms with E-state index in [-0.39, 0.29) is 69.7 Å². The van der Waals surface area contributed by atoms with Gasteiger partial charge < -0.3 is 9.47 Å². The van der Waals surface area contributed by atoms with Crippen molar-refractivity contribution in [2.24, 2.45) is 5.92 Å². The summed E-state index contributed by atoms with van der Waals surface area (Å²) in [5.74, 6) is -2.44. The van der Waals surface area contributed by atoms with Gasteiger partial charge in [-0.2, -0.15) is 0 Å². The lowest BCUT2D eigenvalue weighted by Gasteiger charge is -2.31. The molecule has 0 radical (unpaired) electrons. The Morgan fingerprint density at radius 2 is 0.972 bits per heavy atom. The Morgan fingerprint density at radius 3 is 1.33 bits per heavy atom. The van der Waals surface area contributed by atoms with Crippen LogP contribution in [0.3, 0.4) is 0 Å². The molecule has 0 aromatic heterocycles. The molecule has 2 aliphatic rings. The summed E-state index contributed by atoms with van der Waals surface area (Å²) < 4.78 is 11.6. The van der Waals surface area contributed by atoms with E-state index < -0.39 is 17.5 Å². The zero-order valence-electron chi connectivity index (χ0n) is 20.9. The Hall–Kier alpha value is -3.80. The third-order valence-corrected chi connectivity index (χ3v) is 6.59. The zero-order chi connectivity index (χ0) is 25.8. The average molecular weight is 487 g/mol. The number of carbonyl (C=O) groups excluding carboxylic acids is 4. The second-order valence-corrected chi connectivity index (χ2v) is 8.81. The van der Waals surface area contributed by atoms with Gasteiger partial charge in [-0.05, 0) is 20.3 Å². The Balaban J connectivity index is 1.98. The van der Waals surface area contributed by atoms with Gasteiger partial charge in [-0.15, -0.1) is 0 Å². The fourth-order valence-electron chi connectivity index (χ4n) is 4.98. The van der Waals surface area contributed by atoms with Crippen molar-refractivity contribution in [3.05, 3.63) is 93.4 Å². The summed E-state index contributed by atoms with van der Waals surface area (Å²) >= 11 is 0. The standard InChI is InChI=1S/C30H30O6/c1-4-7-8-17-22(23-25(31)18-13-9-11-15-20(18)27(33)29(23)35-5-2)24-26(32)19-14-10-12-16-21(19)28(34)30(24)36-6-3/h9-16,22H,4-8,17H2,1-3H3. The lowest BCUT2D eigenvalue weighted by Crippen LogP contribution is -2.33. The molecule has 6 heteroatoms. The number of hydrogen-bond acceptors (Lipinski definition) is 6. The van der Waals surface area contributed by atoms with Crippen molar-refractivity contribution < 1.29 is 28.7 Å². The molecule has 0 heterocycles. The fraction of sp³-hybridized carbons (Fsp3) is 0.333. The van der Waals surface area contributed by atoms with Crippen LogP contribution < -0.4 is 0 Å². The Bertz CT molecular complexity index is 1200. The van der Waals surface area contributed by atoms with Crippen LogP contribution in [0.4, 0.5) is 0 Å². The van der Waals surface area contributed by atoms with Crippen LogP contribution in [-0.4, -0.2) is 36.3 Å². The van der Waals surface area contributed by atoms with Crippen molar-refractivity contribution >= 4 is 23.1 Å². The van der Waals surface area contributed by atoms with Crippen LogP contribution in [-0.2, 0) is 9.47 Å². The van der Waals surface area contributed by atoms with E-state index in [9.17, 15) is 19.2 Å². The molecule has 0 aliphatic heterocycles. The minimum Gasteiger partial charge on any atom is -0.489 e. The van der Waals surface area contributed by atoms with Gasteiger partial charge in [0.05, 0.1) is 24.4 Å². The number of hydrogen-bond donors (Lipinski definition) is 0. The molecule has 0 saturated heterocycles. The van der Waals surface area contributed by atoms with E-state index >= 15 is 0 Å². The first-order valence-electron chi connectivity index (χ1n) is 12.6. The molecule has 0 fully saturated rings. The fourth-order valence-corrected chi connectivity index (χ4v) is 4.98. The minimum absolute atomic E-state index is 0.0508. The van der Waals surface area contributed by atoms with Crippen LogP contribution in [0.5, 0.6) is 0 Å². The van der Waals surface area contributed by atoms with E-state index in [0.717, 1.165) is 12.8 Å². The number of ketones is 4. The summed E-state index contributed by atoms with van der Waals surface area (Å²) in [6.45, 7) is 5.89. The van der Waals surface area contributed by atoms with Gasteiger partial charge in [0.25, 0.3) is 0 Å². The van der Waals surface area contributed by atoms with Gasteiger partial charge in [0.2, 0.25) is 11.6 Å². The molecule has 2 aliphatic carbocycles. The topological polar surface area (TPSA) is 86.7 Å². The van der Waals surface area contributed by atoms with Gasteiger partial charge in [0, 0.05) is 28.2 Å². The Kier molecular flexibility index (Phi) is 7.63. The molecule has 0 saturated carbocycles. The summed E-state index contributed by atoms with van der Waals surface area (Å²) in [5, 5.41) is 0. The van der Waals surface area contributed by atoms with Crippen LogP contribution in [0.1, 0.15) is 87.9 Å². The van der Waals surface area contributed by atoms with E-state index in [1.807, 2.05) is 0 Å². The molecule has 6 nitrogen and oxygen atoms in total. The first-order chi connectivity index (χ1) is 17.5. The highest BCUT2D eigenvalue weighted by atomic mass is 16.5. The number of benzene rings is 2. The summed E-state index contributed by atoms with van der Waals surface area (Å²) in [4.78, 5) is 54.8. The van der Waals surface area contributed by atoms with Crippen molar-refractivity contribution in [2.45, 2.75) is 46.5 Å². The largest absolute Gasteiger partial charge is 0.489 e. The summed E-state index contributed by atoms with van der Waals surface area (Å²) in [6.07, 6.45) is 2.88. The predicted octanol–water partition coefficient (Wildman–Crippen LogP) is 5.92. The molecule has 0 spiro atoms. The van der Waals surface area contributed by atoms with Crippen molar-refractivity contribution in [3.63, 3.8) is 0 Å². The highest BCUT2D eigenvalue weighted by molar-refractivity contribution is 6.29. The van der Waals surface area contributed by atoms with E-state index in [1.165, 1.54) is 0 Å². The SMILES string of the molecule is CCCCCC(C1=C(OCC)C(=O)c2ccccc2C1=O)C1=C(OCC)C(=O)c2ccccc2C1=O. The number of fused-ring (bicyclic) bond motifs is 2. The minimum atomic E-state index is -0.825. The van der Waals surface area contributed by atoms with E-state index in [0.29, 0.717) is 12.8 Å². The molecule has 0 amide bonds. The van der Waals surface area contributed by atoms with Crippen molar-refractivity contribution in [3.8, 4) is 0 Å². The number of rotatable bonds is 10. The number of Topliss-reactive ketones (excluding diaryl/α,β-unsaturated/α-hetero) is 4. The van der Waals surface area contributed by atoms with Gasteiger partial charge in [-0.3, -0.25) is 19.2 Å². The number of allylic oxidation sites excluding steroid dienone is 4. The first-order valence-corrected chi connectivity index (χ1v) is 12.6. The molecule has 0 N–H and O–H groups in total. The lowest BCUT2D eigenvalue weighted by atomic mass is 9.72. The number of ether oxygens (including phenoxy) is 2. The van der Waals surface area contributed by atoms with Crippen LogP contribution in [0.25, 0.3) is 0 Å². The van der Waals surface area contributed by atoms with Gasteiger partial charge in [-0.25, -0.2) is 0 Å². The molecule has 4 rings (SSSR count). The first kappa shape index (κ1) is 25.3. The zero-order valence-corrected chi connectivity index (χ0v) is 20.9. The van der Waals surface area contributed by atoms with E-state index in [2.05, 4.69) is 6.92 Å². The van der Waals surface area contributed by atoms with Crippen LogP contribution >= 0.6 is 0 Å². The molecular weight excluding hydrogens is 456 g/mol. The van der Waals surface area contributed by atoms with Crippen molar-refractivity contribution in [1.29, 1.82) is 0 Å². The number of carbonyl (C=O) groups is 4. The summed E-state index contributed by atoms with van der Waals surface area (Å²) in [7, 11) is 0. The molecule has 0 bridgehead atoms. The summed E-state index contributed by atoms with van der Waals surface area (Å²) in [5.41, 5.74) is 1.36. The van der Waals surface area contributed by atoms with Crippen LogP contribution in [0.2, 0.25) is 0 Å². The Morgan fingerprint density at radius 1 is 0.583 bits per heavy atom. The predicted molar refractivity (Wildman–Crippen MR) is 135 cm³/mol. The molecular formula is C30H30O6. The Labute approximate surface area is 211 Å². The van der Waals surface area contributed by atoms with E-state index in [4.69, 9.17) is 9.47 Å². The van der Waals surface area contributed by atoms with Crippen LogP contribution in [0.15, 0.2) is 71.2 Å². The molecule has 2 aromatic carbocycles. The molecule has 0 atom stereocenters. The van der Waals surface area contributed by atoms with Gasteiger partial charge in [0.1, 0.15) is 0 Å². The van der Waals surface area contributed by atoms with Crippen molar-refractivity contribution in [2.75, 3.05) is 13.2 Å². The smallest absolute Gasteiger partial charge is 0.228 e. The molecule has 186 valence electrons. The second kappa shape index (κ2) is 10.9. The normalized spacial score (nSPS) is 15.4. The van der Waals surface area contributed by atoms with Crippen LogP contribution in [0, 0.1) is 5.92 Å². The second-order valence-electron chi connectivity index (χ2n) is 8.81. The van der Waals surface area contributed by atoms with Crippen molar-refractivity contribution in [1.82, 2.24) is 0 Å². The quantitative estimate of drug-likeness (QED) is 0.387. The maximum Gasteiger partial charge on any atom is 0.228 e. The van der Waals surface area contributed by atoms with Gasteiger partial charge in [0.15, 0.2) is 23.1 Å². The molecule has 36 heavy (non-hydrogen) atoms. The average Bonchev–Trinajstić information content (AvgIpc) is 2.90. The van der Waals surface area contributed by atoms with E-state index in [1.54, 1.807) is 62.4 Å². The monoisotopic (exact) mass is 486 g/mol. The summed E-state index contributed by atoms with van der Waals surface area (Å²) in [6, 6.07) is 13.2. The van der Waals surface area contributed by atoms with Gasteiger partial charge >= 0.3 is 0 Å². The maximum atomic E-state index is 13.9. The maximum absolute atomic E-state index is 13.9. The third kappa shape index (κ3) is 4.32. The third-order valence-electron chi connectivity index (χ3n) is 6.59. The highest BCUT2D eigenvalue weighted by Gasteiger charge is 2.44. The van der Waals surface area contributed by atoms with Gasteiger partial charge in [-0.1, -0.05) is 74.7 Å². The highest BCUT2D eigenvalue weighted by Crippen LogP contribution is 2.41. The molecule has 0 unspecified atom stereocenters. The molecule has 2 aromatic rings.